The summed E-state index contributed by atoms with van der Waals surface area (Å²) < 4.78 is 2.32. The molecule has 0 bridgehead atoms. The van der Waals surface area contributed by atoms with Crippen molar-refractivity contribution in [2.45, 2.75) is 72.5 Å². The van der Waals surface area contributed by atoms with Gasteiger partial charge >= 0.3 is 0 Å². The first-order chi connectivity index (χ1) is 8.67. The Morgan fingerprint density at radius 1 is 1.33 bits per heavy atom. The van der Waals surface area contributed by atoms with E-state index in [1.54, 1.807) is 0 Å². The predicted octanol–water partition coefficient (Wildman–Crippen LogP) is 3.60. The maximum Gasteiger partial charge on any atom is 0.122 e. The number of unbranched alkanes of at least 4 members (excludes halogenated alkanes) is 1. The molecule has 1 unspecified atom stereocenters. The van der Waals surface area contributed by atoms with Crippen LogP contribution in [0.2, 0.25) is 0 Å². The molecule has 0 aliphatic rings. The van der Waals surface area contributed by atoms with Crippen molar-refractivity contribution in [1.82, 2.24) is 14.9 Å². The van der Waals surface area contributed by atoms with E-state index in [-0.39, 0.29) is 0 Å². The average molecular weight is 251 g/mol. The summed E-state index contributed by atoms with van der Waals surface area (Å²) >= 11 is 0. The molecule has 0 aromatic carbocycles. The highest BCUT2D eigenvalue weighted by molar-refractivity contribution is 4.92. The highest BCUT2D eigenvalue weighted by Gasteiger charge is 2.10. The fraction of sp³-hybridized carbons (Fsp3) is 0.800. The van der Waals surface area contributed by atoms with Gasteiger partial charge in [0.25, 0.3) is 0 Å². The summed E-state index contributed by atoms with van der Waals surface area (Å²) in [6.07, 6.45) is 9.27. The van der Waals surface area contributed by atoms with Gasteiger partial charge in [-0.2, -0.15) is 0 Å². The second kappa shape index (κ2) is 8.30. The van der Waals surface area contributed by atoms with Crippen LogP contribution >= 0.6 is 0 Å². The summed E-state index contributed by atoms with van der Waals surface area (Å²) in [7, 11) is 0. The standard InChI is InChI=1S/C15H29N3/c1-5-7-8-14(6-2)12-18-10-9-16-15(18)11-17-13(3)4/h9-10,13-14,17H,5-8,11-12H2,1-4H3. The van der Waals surface area contributed by atoms with Crippen LogP contribution < -0.4 is 5.32 Å². The molecule has 1 aromatic heterocycles. The van der Waals surface area contributed by atoms with E-state index in [1.807, 2.05) is 6.20 Å². The molecule has 1 atom stereocenters. The number of nitrogens with one attached hydrogen (secondary N) is 1. The van der Waals surface area contributed by atoms with Crippen molar-refractivity contribution in [3.8, 4) is 0 Å². The number of hydrogen-bond acceptors (Lipinski definition) is 2. The molecule has 3 nitrogen and oxygen atoms in total. The maximum atomic E-state index is 4.46. The van der Waals surface area contributed by atoms with Gasteiger partial charge in [-0.3, -0.25) is 0 Å². The van der Waals surface area contributed by atoms with Gasteiger partial charge in [0, 0.05) is 25.0 Å². The van der Waals surface area contributed by atoms with E-state index in [1.165, 1.54) is 31.5 Å². The van der Waals surface area contributed by atoms with Crippen molar-refractivity contribution in [2.75, 3.05) is 0 Å². The molecule has 0 saturated carbocycles. The summed E-state index contributed by atoms with van der Waals surface area (Å²) in [5, 5.41) is 3.44. The molecule has 0 fully saturated rings. The van der Waals surface area contributed by atoms with Gasteiger partial charge in [-0.25, -0.2) is 4.98 Å². The van der Waals surface area contributed by atoms with E-state index in [0.29, 0.717) is 6.04 Å². The lowest BCUT2D eigenvalue weighted by Crippen LogP contribution is -2.24. The molecule has 3 heteroatoms. The van der Waals surface area contributed by atoms with Crippen LogP contribution in [0.4, 0.5) is 0 Å². The number of hydrogen-bond donors (Lipinski definition) is 1. The Kier molecular flexibility index (Phi) is 7.02. The minimum Gasteiger partial charge on any atom is -0.334 e. The highest BCUT2D eigenvalue weighted by atomic mass is 15.1. The summed E-state index contributed by atoms with van der Waals surface area (Å²) in [5.41, 5.74) is 0. The first kappa shape index (κ1) is 15.2. The van der Waals surface area contributed by atoms with E-state index >= 15 is 0 Å². The Bertz CT molecular complexity index is 317. The molecule has 0 saturated heterocycles. The average Bonchev–Trinajstić information content (AvgIpc) is 2.79. The van der Waals surface area contributed by atoms with Crippen molar-refractivity contribution in [3.63, 3.8) is 0 Å². The normalized spacial score (nSPS) is 13.2. The van der Waals surface area contributed by atoms with Gasteiger partial charge in [0.2, 0.25) is 0 Å². The van der Waals surface area contributed by atoms with Gasteiger partial charge in [-0.1, -0.05) is 47.0 Å². The van der Waals surface area contributed by atoms with Crippen molar-refractivity contribution < 1.29 is 0 Å². The van der Waals surface area contributed by atoms with E-state index in [4.69, 9.17) is 0 Å². The van der Waals surface area contributed by atoms with Crippen molar-refractivity contribution >= 4 is 0 Å². The zero-order valence-electron chi connectivity index (χ0n) is 12.4. The Morgan fingerprint density at radius 2 is 2.11 bits per heavy atom. The van der Waals surface area contributed by atoms with Crippen molar-refractivity contribution in [3.05, 3.63) is 18.2 Å². The molecule has 18 heavy (non-hydrogen) atoms. The van der Waals surface area contributed by atoms with E-state index < -0.39 is 0 Å². The molecule has 0 aliphatic carbocycles. The molecular weight excluding hydrogens is 222 g/mol. The largest absolute Gasteiger partial charge is 0.334 e. The summed E-state index contributed by atoms with van der Waals surface area (Å²) in [6.45, 7) is 10.9. The third kappa shape index (κ3) is 5.21. The van der Waals surface area contributed by atoms with Crippen LogP contribution in [0.25, 0.3) is 0 Å². The van der Waals surface area contributed by atoms with Crippen molar-refractivity contribution in [2.24, 2.45) is 5.92 Å². The monoisotopic (exact) mass is 251 g/mol. The molecule has 0 aliphatic heterocycles. The van der Waals surface area contributed by atoms with Crippen LogP contribution in [-0.4, -0.2) is 15.6 Å². The smallest absolute Gasteiger partial charge is 0.122 e. The third-order valence-corrected chi connectivity index (χ3v) is 3.47. The van der Waals surface area contributed by atoms with Crippen LogP contribution in [0.15, 0.2) is 12.4 Å². The minimum atomic E-state index is 0.511. The summed E-state index contributed by atoms with van der Waals surface area (Å²) in [5.74, 6) is 1.95. The van der Waals surface area contributed by atoms with Gasteiger partial charge in [0.05, 0.1) is 6.54 Å². The van der Waals surface area contributed by atoms with E-state index in [9.17, 15) is 0 Å². The maximum absolute atomic E-state index is 4.46. The van der Waals surface area contributed by atoms with Gasteiger partial charge in [0.15, 0.2) is 0 Å². The molecule has 1 aromatic rings. The molecule has 1 rings (SSSR count). The molecule has 0 spiro atoms. The molecule has 0 radical (unpaired) electrons. The van der Waals surface area contributed by atoms with Crippen molar-refractivity contribution in [1.29, 1.82) is 0 Å². The van der Waals surface area contributed by atoms with E-state index in [0.717, 1.165) is 19.0 Å². The highest BCUT2D eigenvalue weighted by Crippen LogP contribution is 2.16. The number of imidazole rings is 1. The van der Waals surface area contributed by atoms with Gasteiger partial charge in [-0.15, -0.1) is 0 Å². The predicted molar refractivity (Wildman–Crippen MR) is 77.5 cm³/mol. The molecule has 1 heterocycles. The van der Waals surface area contributed by atoms with Gasteiger partial charge < -0.3 is 9.88 Å². The fourth-order valence-corrected chi connectivity index (χ4v) is 2.16. The van der Waals surface area contributed by atoms with Gasteiger partial charge in [-0.05, 0) is 12.3 Å². The first-order valence-electron chi connectivity index (χ1n) is 7.40. The molecule has 104 valence electrons. The van der Waals surface area contributed by atoms with Crippen LogP contribution in [0, 0.1) is 5.92 Å². The van der Waals surface area contributed by atoms with Crippen LogP contribution in [0.3, 0.4) is 0 Å². The van der Waals surface area contributed by atoms with E-state index in [2.05, 4.69) is 48.8 Å². The lowest BCUT2D eigenvalue weighted by molar-refractivity contribution is 0.381. The Labute approximate surface area is 112 Å². The lowest BCUT2D eigenvalue weighted by Gasteiger charge is -2.17. The molecule has 1 N–H and O–H groups in total. The zero-order chi connectivity index (χ0) is 13.4. The Balaban J connectivity index is 2.51. The third-order valence-electron chi connectivity index (χ3n) is 3.47. The summed E-state index contributed by atoms with van der Waals surface area (Å²) in [4.78, 5) is 4.46. The topological polar surface area (TPSA) is 29.9 Å². The number of rotatable bonds is 9. The quantitative estimate of drug-likeness (QED) is 0.727. The molecular formula is C15H29N3. The van der Waals surface area contributed by atoms with Gasteiger partial charge in [0.1, 0.15) is 5.82 Å². The number of aromatic nitrogens is 2. The Hall–Kier alpha value is -0.830. The lowest BCUT2D eigenvalue weighted by atomic mass is 9.99. The Morgan fingerprint density at radius 3 is 2.72 bits per heavy atom. The second-order valence-electron chi connectivity index (χ2n) is 5.45. The first-order valence-corrected chi connectivity index (χ1v) is 7.40. The zero-order valence-corrected chi connectivity index (χ0v) is 12.4. The minimum absolute atomic E-state index is 0.511. The summed E-state index contributed by atoms with van der Waals surface area (Å²) in [6, 6.07) is 0.511. The van der Waals surface area contributed by atoms with Crippen LogP contribution in [0.1, 0.15) is 59.2 Å². The van der Waals surface area contributed by atoms with Crippen LogP contribution in [0.5, 0.6) is 0 Å². The second-order valence-corrected chi connectivity index (χ2v) is 5.45. The molecule has 0 amide bonds. The number of nitrogens with zero attached hydrogens (tertiary/aromatic N) is 2. The van der Waals surface area contributed by atoms with Crippen LogP contribution in [-0.2, 0) is 13.1 Å². The SMILES string of the molecule is CCCCC(CC)Cn1ccnc1CNC(C)C. The fourth-order valence-electron chi connectivity index (χ4n) is 2.16.